The Labute approximate surface area is 129 Å². The van der Waals surface area contributed by atoms with Crippen molar-refractivity contribution in [1.29, 1.82) is 0 Å². The maximum absolute atomic E-state index is 2.25. The average Bonchev–Trinajstić information content (AvgIpc) is 2.59. The molecule has 2 aromatic heterocycles. The molecule has 106 valence electrons. The van der Waals surface area contributed by atoms with E-state index in [1.54, 1.807) is 0 Å². The van der Waals surface area contributed by atoms with Crippen LogP contribution in [0.25, 0.3) is 21.5 Å². The summed E-state index contributed by atoms with van der Waals surface area (Å²) in [5, 5.41) is 5.15. The number of aryl methyl sites for hydroxylation is 2. The maximum Gasteiger partial charge on any atom is 0.206 e. The van der Waals surface area contributed by atoms with E-state index >= 15 is 0 Å². The minimum Gasteiger partial charge on any atom is -0.198 e. The molecule has 4 rings (SSSR count). The zero-order valence-corrected chi connectivity index (χ0v) is 12.4. The quantitative estimate of drug-likeness (QED) is 0.511. The molecular formula is C20H18N2+2. The second kappa shape index (κ2) is 5.57. The van der Waals surface area contributed by atoms with Gasteiger partial charge < -0.3 is 0 Å². The van der Waals surface area contributed by atoms with E-state index in [9.17, 15) is 0 Å². The first-order chi connectivity index (χ1) is 10.9. The third-order valence-electron chi connectivity index (χ3n) is 4.11. The largest absolute Gasteiger partial charge is 0.206 e. The van der Waals surface area contributed by atoms with E-state index < -0.39 is 0 Å². The van der Waals surface area contributed by atoms with Gasteiger partial charge in [-0.2, -0.15) is 9.13 Å². The molecule has 0 saturated carbocycles. The Bertz CT molecular complexity index is 865. The van der Waals surface area contributed by atoms with E-state index in [0.29, 0.717) is 0 Å². The van der Waals surface area contributed by atoms with Gasteiger partial charge >= 0.3 is 0 Å². The molecule has 0 aliphatic heterocycles. The summed E-state index contributed by atoms with van der Waals surface area (Å²) < 4.78 is 4.51. The molecule has 22 heavy (non-hydrogen) atoms. The van der Waals surface area contributed by atoms with Crippen LogP contribution in [-0.2, 0) is 13.1 Å². The molecular weight excluding hydrogens is 268 g/mol. The molecule has 0 unspecified atom stereocenters. The number of nitrogens with zero attached hydrogens (tertiary/aromatic N) is 2. The molecule has 4 aromatic rings. The minimum absolute atomic E-state index is 0.966. The van der Waals surface area contributed by atoms with Crippen molar-refractivity contribution in [2.45, 2.75) is 13.1 Å². The third kappa shape index (κ3) is 2.56. The number of hydrogen-bond donors (Lipinski definition) is 0. The Balaban J connectivity index is 1.57. The summed E-state index contributed by atoms with van der Waals surface area (Å²) in [5.74, 6) is 0. The van der Waals surface area contributed by atoms with Gasteiger partial charge in [0.25, 0.3) is 0 Å². The van der Waals surface area contributed by atoms with Crippen LogP contribution >= 0.6 is 0 Å². The lowest BCUT2D eigenvalue weighted by Gasteiger charge is -1.99. The predicted molar refractivity (Wildman–Crippen MR) is 88.3 cm³/mol. The second-order valence-electron chi connectivity index (χ2n) is 5.62. The molecule has 0 radical (unpaired) electrons. The van der Waals surface area contributed by atoms with Crippen molar-refractivity contribution in [3.05, 3.63) is 85.5 Å². The normalized spacial score (nSPS) is 11.1. The predicted octanol–water partition coefficient (Wildman–Crippen LogP) is 3.27. The zero-order chi connectivity index (χ0) is 14.8. The Kier molecular flexibility index (Phi) is 3.28. The van der Waals surface area contributed by atoms with E-state index in [0.717, 1.165) is 13.1 Å². The fourth-order valence-electron chi connectivity index (χ4n) is 2.87. The van der Waals surface area contributed by atoms with Crippen molar-refractivity contribution >= 4 is 21.5 Å². The van der Waals surface area contributed by atoms with Crippen LogP contribution in [0.5, 0.6) is 0 Å². The van der Waals surface area contributed by atoms with Crippen molar-refractivity contribution in [1.82, 2.24) is 0 Å². The Morgan fingerprint density at radius 3 is 1.36 bits per heavy atom. The van der Waals surface area contributed by atoms with Gasteiger partial charge in [-0.25, -0.2) is 0 Å². The van der Waals surface area contributed by atoms with Crippen LogP contribution in [0.4, 0.5) is 0 Å². The van der Waals surface area contributed by atoms with E-state index in [2.05, 4.69) is 94.6 Å². The smallest absolute Gasteiger partial charge is 0.198 e. The van der Waals surface area contributed by atoms with Crippen LogP contribution in [-0.4, -0.2) is 0 Å². The molecule has 0 saturated heterocycles. The van der Waals surface area contributed by atoms with Gasteiger partial charge in [0, 0.05) is 22.9 Å². The summed E-state index contributed by atoms with van der Waals surface area (Å²) in [6.07, 6.45) is 8.75. The second-order valence-corrected chi connectivity index (χ2v) is 5.62. The Morgan fingerprint density at radius 2 is 0.909 bits per heavy atom. The van der Waals surface area contributed by atoms with Crippen molar-refractivity contribution < 1.29 is 9.13 Å². The number of fused-ring (bicyclic) bond motifs is 2. The lowest BCUT2D eigenvalue weighted by molar-refractivity contribution is -0.777. The van der Waals surface area contributed by atoms with Crippen molar-refractivity contribution in [2.75, 3.05) is 0 Å². The molecule has 0 aliphatic carbocycles. The lowest BCUT2D eigenvalue weighted by atomic mass is 10.2. The third-order valence-corrected chi connectivity index (χ3v) is 4.11. The van der Waals surface area contributed by atoms with Gasteiger partial charge in [0.15, 0.2) is 24.8 Å². The monoisotopic (exact) mass is 286 g/mol. The van der Waals surface area contributed by atoms with Gasteiger partial charge in [0.1, 0.15) is 0 Å². The fourth-order valence-corrected chi connectivity index (χ4v) is 2.87. The summed E-state index contributed by atoms with van der Waals surface area (Å²) in [6.45, 7) is 1.93. The van der Waals surface area contributed by atoms with Crippen LogP contribution in [0.2, 0.25) is 0 Å². The zero-order valence-electron chi connectivity index (χ0n) is 12.4. The molecule has 2 nitrogen and oxygen atoms in total. The standard InChI is InChI=1S/C20H18N2/c1-3-7-19-15-21(11-9-17(19)5-1)13-14-22-12-10-18-6-2-4-8-20(18)16-22/h1-12,15-16H,13-14H2/q+2. The minimum atomic E-state index is 0.966. The highest BCUT2D eigenvalue weighted by Gasteiger charge is 2.08. The molecule has 0 spiro atoms. The summed E-state index contributed by atoms with van der Waals surface area (Å²) in [5.41, 5.74) is 0. The van der Waals surface area contributed by atoms with E-state index in [1.165, 1.54) is 21.5 Å². The topological polar surface area (TPSA) is 7.76 Å². The molecule has 0 amide bonds. The lowest BCUT2D eigenvalue weighted by Crippen LogP contribution is -2.43. The van der Waals surface area contributed by atoms with Gasteiger partial charge in [-0.15, -0.1) is 0 Å². The number of rotatable bonds is 3. The number of benzene rings is 2. The molecule has 0 aliphatic rings. The van der Waals surface area contributed by atoms with Crippen molar-refractivity contribution in [3.8, 4) is 0 Å². The van der Waals surface area contributed by atoms with Crippen molar-refractivity contribution in [2.24, 2.45) is 0 Å². The highest BCUT2D eigenvalue weighted by Crippen LogP contribution is 2.10. The number of pyridine rings is 2. The Morgan fingerprint density at radius 1 is 0.500 bits per heavy atom. The molecule has 0 N–H and O–H groups in total. The molecule has 2 aromatic carbocycles. The van der Waals surface area contributed by atoms with Gasteiger partial charge in [-0.05, 0) is 22.9 Å². The van der Waals surface area contributed by atoms with E-state index in [1.807, 2.05) is 0 Å². The van der Waals surface area contributed by atoms with E-state index in [-0.39, 0.29) is 0 Å². The molecule has 2 heterocycles. The first-order valence-corrected chi connectivity index (χ1v) is 7.64. The fraction of sp³-hybridized carbons (Fsp3) is 0.100. The Hall–Kier alpha value is -2.74. The number of hydrogen-bond acceptors (Lipinski definition) is 0. The van der Waals surface area contributed by atoms with Crippen LogP contribution in [0.15, 0.2) is 85.5 Å². The molecule has 0 bridgehead atoms. The summed E-state index contributed by atoms with van der Waals surface area (Å²) in [7, 11) is 0. The highest BCUT2D eigenvalue weighted by molar-refractivity contribution is 5.80. The van der Waals surface area contributed by atoms with Gasteiger partial charge in [-0.1, -0.05) is 36.4 Å². The van der Waals surface area contributed by atoms with E-state index in [4.69, 9.17) is 0 Å². The summed E-state index contributed by atoms with van der Waals surface area (Å²) in [4.78, 5) is 0. The van der Waals surface area contributed by atoms with Crippen LogP contribution in [0.1, 0.15) is 0 Å². The first kappa shape index (κ1) is 13.0. The highest BCUT2D eigenvalue weighted by atomic mass is 15.0. The van der Waals surface area contributed by atoms with Crippen LogP contribution in [0.3, 0.4) is 0 Å². The van der Waals surface area contributed by atoms with Crippen LogP contribution < -0.4 is 9.13 Å². The average molecular weight is 286 g/mol. The van der Waals surface area contributed by atoms with Crippen molar-refractivity contribution in [3.63, 3.8) is 0 Å². The SMILES string of the molecule is c1ccc2c[n+](CC[n+]3ccc4ccccc4c3)ccc2c1. The first-order valence-electron chi connectivity index (χ1n) is 7.64. The maximum atomic E-state index is 2.25. The summed E-state index contributed by atoms with van der Waals surface area (Å²) >= 11 is 0. The van der Waals surface area contributed by atoms with Gasteiger partial charge in [0.05, 0.1) is 0 Å². The molecule has 0 fully saturated rings. The van der Waals surface area contributed by atoms with Gasteiger partial charge in [0.2, 0.25) is 13.1 Å². The molecule has 0 atom stereocenters. The number of aromatic nitrogens is 2. The summed E-state index contributed by atoms with van der Waals surface area (Å²) in [6, 6.07) is 21.3. The van der Waals surface area contributed by atoms with Crippen LogP contribution in [0, 0.1) is 0 Å². The molecule has 2 heteroatoms. The van der Waals surface area contributed by atoms with Gasteiger partial charge in [-0.3, -0.25) is 0 Å².